The number of allylic oxidation sites excluding steroid dienone is 1. The summed E-state index contributed by atoms with van der Waals surface area (Å²) in [5.41, 5.74) is 1.43. The molecule has 0 radical (unpaired) electrons. The summed E-state index contributed by atoms with van der Waals surface area (Å²) in [7, 11) is 0. The van der Waals surface area contributed by atoms with E-state index in [-0.39, 0.29) is 17.1 Å². The number of hydrogen-bond donors (Lipinski definition) is 2. The van der Waals surface area contributed by atoms with Crippen LogP contribution in [0.4, 0.5) is 0 Å². The van der Waals surface area contributed by atoms with E-state index in [1.54, 1.807) is 25.1 Å². The highest BCUT2D eigenvalue weighted by atomic mass is 16.5. The maximum Gasteiger partial charge on any atom is 0.290 e. The van der Waals surface area contributed by atoms with E-state index in [1.807, 2.05) is 30.3 Å². The van der Waals surface area contributed by atoms with Gasteiger partial charge in [-0.05, 0) is 42.7 Å². The second-order valence-electron chi connectivity index (χ2n) is 8.74. The first-order valence-corrected chi connectivity index (χ1v) is 12.3. The molecule has 1 amide bonds. The van der Waals surface area contributed by atoms with Crippen molar-refractivity contribution in [2.24, 2.45) is 0 Å². The van der Waals surface area contributed by atoms with Gasteiger partial charge in [0.2, 0.25) is 0 Å². The lowest BCUT2D eigenvalue weighted by Gasteiger charge is -2.30. The van der Waals surface area contributed by atoms with Crippen LogP contribution in [0.25, 0.3) is 6.08 Å². The molecule has 8 heteroatoms. The van der Waals surface area contributed by atoms with E-state index in [4.69, 9.17) is 9.47 Å². The van der Waals surface area contributed by atoms with E-state index in [0.717, 1.165) is 25.2 Å². The minimum atomic E-state index is -0.796. The summed E-state index contributed by atoms with van der Waals surface area (Å²) in [5.74, 6) is -1.34. The molecule has 2 N–H and O–H groups in total. The van der Waals surface area contributed by atoms with Crippen molar-refractivity contribution in [2.75, 3.05) is 46.0 Å². The molecule has 1 unspecified atom stereocenters. The number of phenolic OH excluding ortho intramolecular Hbond substituents is 1. The Morgan fingerprint density at radius 3 is 2.58 bits per heavy atom. The lowest BCUT2D eigenvalue weighted by atomic mass is 9.95. The van der Waals surface area contributed by atoms with Gasteiger partial charge in [-0.25, -0.2) is 0 Å². The Balaban J connectivity index is 1.62. The molecule has 0 bridgehead atoms. The summed E-state index contributed by atoms with van der Waals surface area (Å²) in [6.45, 7) is 6.33. The van der Waals surface area contributed by atoms with Crippen LogP contribution in [0.5, 0.6) is 11.5 Å². The molecule has 2 aromatic rings. The number of ether oxygens (including phenoxy) is 2. The maximum atomic E-state index is 13.3. The molecule has 2 aromatic carbocycles. The molecular weight excluding hydrogens is 460 g/mol. The fourth-order valence-corrected chi connectivity index (χ4v) is 4.57. The number of nitrogens with zero attached hydrogens (tertiary/aromatic N) is 2. The third-order valence-corrected chi connectivity index (χ3v) is 6.37. The summed E-state index contributed by atoms with van der Waals surface area (Å²) < 4.78 is 10.9. The second-order valence-corrected chi connectivity index (χ2v) is 8.74. The molecule has 2 aliphatic rings. The number of carbonyl (C=O) groups excluding carboxylic acids is 2. The van der Waals surface area contributed by atoms with Gasteiger partial charge in [0.1, 0.15) is 0 Å². The number of aromatic hydroxyl groups is 1. The van der Waals surface area contributed by atoms with Gasteiger partial charge in [-0.15, -0.1) is 0 Å². The first-order chi connectivity index (χ1) is 17.5. The van der Waals surface area contributed by atoms with Crippen LogP contribution >= 0.6 is 0 Å². The molecule has 0 saturated carbocycles. The highest BCUT2D eigenvalue weighted by molar-refractivity contribution is 6.14. The van der Waals surface area contributed by atoms with Crippen molar-refractivity contribution in [3.8, 4) is 11.5 Å². The average molecular weight is 493 g/mol. The molecule has 8 nitrogen and oxygen atoms in total. The largest absolute Gasteiger partial charge is 0.504 e. The van der Waals surface area contributed by atoms with E-state index >= 15 is 0 Å². The SMILES string of the molecule is CCOc1cc(C2C(C(=O)C=Cc3ccccc3)=C(O)C(=O)N2CCCN2CCOCC2)ccc1O. The van der Waals surface area contributed by atoms with E-state index in [2.05, 4.69) is 4.90 Å². The van der Waals surface area contributed by atoms with Crippen molar-refractivity contribution in [3.63, 3.8) is 0 Å². The summed E-state index contributed by atoms with van der Waals surface area (Å²) in [6, 6.07) is 13.3. The number of hydrogen-bond acceptors (Lipinski definition) is 7. The molecule has 190 valence electrons. The van der Waals surface area contributed by atoms with Crippen molar-refractivity contribution in [1.29, 1.82) is 0 Å². The Hall–Kier alpha value is -3.62. The van der Waals surface area contributed by atoms with E-state index in [0.29, 0.717) is 38.3 Å². The smallest absolute Gasteiger partial charge is 0.290 e. The Labute approximate surface area is 211 Å². The number of rotatable bonds is 10. The van der Waals surface area contributed by atoms with Crippen LogP contribution in [0, 0.1) is 0 Å². The Morgan fingerprint density at radius 1 is 1.11 bits per heavy atom. The molecule has 0 aliphatic carbocycles. The van der Waals surface area contributed by atoms with Crippen LogP contribution in [0.2, 0.25) is 0 Å². The molecule has 1 saturated heterocycles. The van der Waals surface area contributed by atoms with Crippen LogP contribution in [0.3, 0.4) is 0 Å². The number of ketones is 1. The molecule has 2 aliphatic heterocycles. The summed E-state index contributed by atoms with van der Waals surface area (Å²) in [5, 5.41) is 21.0. The predicted molar refractivity (Wildman–Crippen MR) is 136 cm³/mol. The van der Waals surface area contributed by atoms with Crippen molar-refractivity contribution in [1.82, 2.24) is 9.80 Å². The number of benzene rings is 2. The zero-order valence-electron chi connectivity index (χ0n) is 20.4. The van der Waals surface area contributed by atoms with Crippen LogP contribution in [0.15, 0.2) is 65.9 Å². The minimum absolute atomic E-state index is 0.0201. The van der Waals surface area contributed by atoms with Gasteiger partial charge in [-0.1, -0.05) is 42.5 Å². The van der Waals surface area contributed by atoms with Crippen LogP contribution < -0.4 is 4.74 Å². The highest BCUT2D eigenvalue weighted by Crippen LogP contribution is 2.41. The third kappa shape index (κ3) is 5.78. The van der Waals surface area contributed by atoms with Gasteiger partial charge >= 0.3 is 0 Å². The van der Waals surface area contributed by atoms with Gasteiger partial charge in [0.15, 0.2) is 23.0 Å². The van der Waals surface area contributed by atoms with Crippen LogP contribution in [-0.2, 0) is 14.3 Å². The van der Waals surface area contributed by atoms with Crippen molar-refractivity contribution in [3.05, 3.63) is 77.1 Å². The van der Waals surface area contributed by atoms with Crippen molar-refractivity contribution in [2.45, 2.75) is 19.4 Å². The van der Waals surface area contributed by atoms with Crippen LogP contribution in [-0.4, -0.2) is 77.7 Å². The number of phenols is 1. The Morgan fingerprint density at radius 2 is 1.86 bits per heavy atom. The number of aliphatic hydroxyl groups excluding tert-OH is 1. The molecule has 2 heterocycles. The number of morpholine rings is 1. The lowest BCUT2D eigenvalue weighted by Crippen LogP contribution is -2.39. The average Bonchev–Trinajstić information content (AvgIpc) is 3.15. The van der Waals surface area contributed by atoms with Crippen LogP contribution in [0.1, 0.15) is 30.5 Å². The summed E-state index contributed by atoms with van der Waals surface area (Å²) in [6.07, 6.45) is 3.71. The zero-order chi connectivity index (χ0) is 25.5. The number of carbonyl (C=O) groups is 2. The zero-order valence-corrected chi connectivity index (χ0v) is 20.4. The Kier molecular flexibility index (Phi) is 8.40. The summed E-state index contributed by atoms with van der Waals surface area (Å²) in [4.78, 5) is 30.3. The van der Waals surface area contributed by atoms with Gasteiger partial charge < -0.3 is 24.6 Å². The minimum Gasteiger partial charge on any atom is -0.504 e. The molecule has 0 aromatic heterocycles. The summed E-state index contributed by atoms with van der Waals surface area (Å²) >= 11 is 0. The number of aliphatic hydroxyl groups is 1. The fraction of sp³-hybridized carbons (Fsp3) is 0.357. The van der Waals surface area contributed by atoms with Crippen molar-refractivity contribution >= 4 is 17.8 Å². The molecular formula is C28H32N2O6. The topological polar surface area (TPSA) is 99.5 Å². The third-order valence-electron chi connectivity index (χ3n) is 6.37. The van der Waals surface area contributed by atoms with E-state index in [1.165, 1.54) is 17.0 Å². The first kappa shape index (κ1) is 25.5. The fourth-order valence-electron chi connectivity index (χ4n) is 4.57. The van der Waals surface area contributed by atoms with E-state index < -0.39 is 23.5 Å². The lowest BCUT2D eigenvalue weighted by molar-refractivity contribution is -0.129. The molecule has 1 fully saturated rings. The van der Waals surface area contributed by atoms with E-state index in [9.17, 15) is 19.8 Å². The molecule has 4 rings (SSSR count). The number of amides is 1. The van der Waals surface area contributed by atoms with Gasteiger partial charge in [0.25, 0.3) is 5.91 Å². The second kappa shape index (κ2) is 11.9. The van der Waals surface area contributed by atoms with Crippen molar-refractivity contribution < 1.29 is 29.3 Å². The highest BCUT2D eigenvalue weighted by Gasteiger charge is 2.42. The van der Waals surface area contributed by atoms with Gasteiger partial charge in [0, 0.05) is 26.2 Å². The monoisotopic (exact) mass is 492 g/mol. The van der Waals surface area contributed by atoms with Gasteiger partial charge in [-0.3, -0.25) is 14.5 Å². The normalized spacial score (nSPS) is 18.9. The standard InChI is InChI=1S/C28H32N2O6/c1-2-36-24-19-21(10-12-22(24)31)26-25(23(32)11-9-20-7-4-3-5-8-20)27(33)28(34)30(26)14-6-13-29-15-17-35-18-16-29/h3-5,7-12,19,26,31,33H,2,6,13-18H2,1H3. The van der Waals surface area contributed by atoms with Gasteiger partial charge in [0.05, 0.1) is 31.4 Å². The Bertz CT molecular complexity index is 1140. The maximum absolute atomic E-state index is 13.3. The molecule has 36 heavy (non-hydrogen) atoms. The van der Waals surface area contributed by atoms with Gasteiger partial charge in [-0.2, -0.15) is 0 Å². The molecule has 0 spiro atoms. The first-order valence-electron chi connectivity index (χ1n) is 12.3. The predicted octanol–water partition coefficient (Wildman–Crippen LogP) is 3.49. The quantitative estimate of drug-likeness (QED) is 0.490. The molecule has 1 atom stereocenters.